The van der Waals surface area contributed by atoms with Crippen molar-refractivity contribution in [2.45, 2.75) is 11.3 Å². The van der Waals surface area contributed by atoms with Crippen LogP contribution in [0.5, 0.6) is 0 Å². The Bertz CT molecular complexity index is 1200. The largest absolute Gasteiger partial charge is 0.423 e. The van der Waals surface area contributed by atoms with Crippen molar-refractivity contribution < 1.29 is 12.8 Å². The van der Waals surface area contributed by atoms with Crippen molar-refractivity contribution in [3.8, 4) is 0 Å². The van der Waals surface area contributed by atoms with E-state index < -0.39 is 10.0 Å². The molecule has 0 spiro atoms. The Labute approximate surface area is 165 Å². The Morgan fingerprint density at radius 3 is 2.78 bits per heavy atom. The average molecular weight is 422 g/mol. The van der Waals surface area contributed by atoms with Crippen molar-refractivity contribution in [1.29, 1.82) is 0 Å². The molecule has 0 aliphatic carbocycles. The van der Waals surface area contributed by atoms with E-state index in [1.54, 1.807) is 12.3 Å². The number of benzene rings is 2. The molecule has 3 aromatic rings. The van der Waals surface area contributed by atoms with Gasteiger partial charge in [0.1, 0.15) is 10.4 Å². The fourth-order valence-electron chi connectivity index (χ4n) is 2.81. The van der Waals surface area contributed by atoms with Gasteiger partial charge in [0.25, 0.3) is 10.0 Å². The first-order chi connectivity index (χ1) is 12.9. The fourth-order valence-corrected chi connectivity index (χ4v) is 4.51. The van der Waals surface area contributed by atoms with Gasteiger partial charge in [0.15, 0.2) is 5.58 Å². The molecule has 2 heterocycles. The summed E-state index contributed by atoms with van der Waals surface area (Å²) in [5, 5.41) is 0.306. The Kier molecular flexibility index (Phi) is 4.67. The van der Waals surface area contributed by atoms with Gasteiger partial charge in [0.05, 0.1) is 5.02 Å². The highest BCUT2D eigenvalue weighted by atomic mass is 35.5. The van der Waals surface area contributed by atoms with E-state index in [4.69, 9.17) is 27.6 Å². The van der Waals surface area contributed by atoms with Crippen LogP contribution < -0.4 is 4.72 Å². The summed E-state index contributed by atoms with van der Waals surface area (Å²) in [5.74, 6) is 0. The van der Waals surface area contributed by atoms with Gasteiger partial charge in [-0.1, -0.05) is 35.3 Å². The molecule has 6 nitrogen and oxygen atoms in total. The highest BCUT2D eigenvalue weighted by Crippen LogP contribution is 2.31. The number of nitrogens with zero attached hydrogens (tertiary/aromatic N) is 2. The standard InChI is InChI=1S/C18H13Cl2N3O3S/c19-12-4-5-14(20)16(10-12)27(24,25)23-18-22-17-13(2-1-3-15(17)26-18)11-6-8-21-9-7-11/h1-6,8,10H,7,9H2,(H,22,23). The van der Waals surface area contributed by atoms with Crippen molar-refractivity contribution >= 4 is 62.1 Å². The molecule has 1 aliphatic heterocycles. The van der Waals surface area contributed by atoms with Crippen LogP contribution in [-0.4, -0.2) is 26.2 Å². The molecule has 1 aromatic heterocycles. The third kappa shape index (κ3) is 3.58. The molecular formula is C18H13Cl2N3O3S. The number of rotatable bonds is 4. The Morgan fingerprint density at radius 1 is 1.15 bits per heavy atom. The molecule has 0 fully saturated rings. The Morgan fingerprint density at radius 2 is 2.00 bits per heavy atom. The lowest BCUT2D eigenvalue weighted by Crippen LogP contribution is -2.13. The molecule has 0 saturated carbocycles. The smallest absolute Gasteiger partial charge is 0.309 e. The van der Waals surface area contributed by atoms with E-state index in [-0.39, 0.29) is 21.0 Å². The molecule has 0 amide bonds. The van der Waals surface area contributed by atoms with Gasteiger partial charge >= 0.3 is 6.01 Å². The number of hydrogen-bond acceptors (Lipinski definition) is 5. The quantitative estimate of drug-likeness (QED) is 0.655. The molecule has 4 rings (SSSR count). The molecule has 0 atom stereocenters. The highest BCUT2D eigenvalue weighted by molar-refractivity contribution is 7.92. The molecule has 0 radical (unpaired) electrons. The van der Waals surface area contributed by atoms with Crippen LogP contribution in [-0.2, 0) is 10.0 Å². The third-order valence-corrected chi connectivity index (χ3v) is 6.10. The molecule has 0 bridgehead atoms. The monoisotopic (exact) mass is 421 g/mol. The fraction of sp³-hybridized carbons (Fsp3) is 0.111. The zero-order valence-corrected chi connectivity index (χ0v) is 16.1. The van der Waals surface area contributed by atoms with Crippen LogP contribution in [0, 0.1) is 0 Å². The second-order valence-electron chi connectivity index (χ2n) is 5.85. The number of dihydropyridines is 1. The SMILES string of the molecule is O=S(=O)(Nc1nc2c(C3=CC=NCC3)cccc2o1)c1cc(Cl)ccc1Cl. The van der Waals surface area contributed by atoms with Gasteiger partial charge in [-0.2, -0.15) is 4.98 Å². The molecule has 0 saturated heterocycles. The number of fused-ring (bicyclic) bond motifs is 1. The Balaban J connectivity index is 1.74. The van der Waals surface area contributed by atoms with Crippen LogP contribution in [0.2, 0.25) is 10.0 Å². The van der Waals surface area contributed by atoms with Crippen LogP contribution in [0.3, 0.4) is 0 Å². The summed E-state index contributed by atoms with van der Waals surface area (Å²) in [6, 6.07) is 9.54. The van der Waals surface area contributed by atoms with Crippen LogP contribution in [0.1, 0.15) is 12.0 Å². The zero-order chi connectivity index (χ0) is 19.0. The maximum Gasteiger partial charge on any atom is 0.309 e. The van der Waals surface area contributed by atoms with E-state index in [0.717, 1.165) is 17.6 Å². The van der Waals surface area contributed by atoms with E-state index in [1.807, 2.05) is 18.2 Å². The van der Waals surface area contributed by atoms with Gasteiger partial charge in [-0.3, -0.25) is 4.99 Å². The molecule has 27 heavy (non-hydrogen) atoms. The maximum absolute atomic E-state index is 12.7. The van der Waals surface area contributed by atoms with E-state index in [2.05, 4.69) is 14.7 Å². The van der Waals surface area contributed by atoms with Crippen LogP contribution >= 0.6 is 23.2 Å². The molecule has 1 N–H and O–H groups in total. The van der Waals surface area contributed by atoms with E-state index in [1.165, 1.54) is 18.2 Å². The van der Waals surface area contributed by atoms with Crippen molar-refractivity contribution in [2.75, 3.05) is 11.3 Å². The number of hydrogen-bond donors (Lipinski definition) is 1. The molecular weight excluding hydrogens is 409 g/mol. The Hall–Kier alpha value is -2.35. The molecule has 138 valence electrons. The third-order valence-electron chi connectivity index (χ3n) is 4.06. The number of allylic oxidation sites excluding steroid dienone is 1. The van der Waals surface area contributed by atoms with Crippen molar-refractivity contribution in [3.63, 3.8) is 0 Å². The summed E-state index contributed by atoms with van der Waals surface area (Å²) in [6.45, 7) is 0.701. The number of aliphatic imine (C=N–C) groups is 1. The molecule has 2 aromatic carbocycles. The summed E-state index contributed by atoms with van der Waals surface area (Å²) < 4.78 is 33.2. The van der Waals surface area contributed by atoms with Gasteiger partial charge in [0, 0.05) is 23.3 Å². The zero-order valence-electron chi connectivity index (χ0n) is 13.8. The predicted octanol–water partition coefficient (Wildman–Crippen LogP) is 4.79. The first kappa shape index (κ1) is 18.0. The number of anilines is 1. The van der Waals surface area contributed by atoms with Gasteiger partial charge < -0.3 is 4.42 Å². The van der Waals surface area contributed by atoms with Crippen molar-refractivity contribution in [3.05, 3.63) is 58.1 Å². The minimum absolute atomic E-state index is 0.0512. The number of aromatic nitrogens is 1. The molecule has 0 unspecified atom stereocenters. The molecule has 1 aliphatic rings. The summed E-state index contributed by atoms with van der Waals surface area (Å²) in [7, 11) is -4.01. The number of para-hydroxylation sites is 1. The maximum atomic E-state index is 12.7. The summed E-state index contributed by atoms with van der Waals surface area (Å²) >= 11 is 11.9. The van der Waals surface area contributed by atoms with Gasteiger partial charge in [0.2, 0.25) is 0 Å². The van der Waals surface area contributed by atoms with E-state index in [9.17, 15) is 8.42 Å². The lowest BCUT2D eigenvalue weighted by molar-refractivity contribution is 0.591. The van der Waals surface area contributed by atoms with Gasteiger partial charge in [-0.25, -0.2) is 13.1 Å². The second kappa shape index (κ2) is 6.99. The first-order valence-electron chi connectivity index (χ1n) is 8.01. The number of halogens is 2. The topological polar surface area (TPSA) is 84.6 Å². The number of oxazole rings is 1. The summed E-state index contributed by atoms with van der Waals surface area (Å²) in [4.78, 5) is 8.36. The van der Waals surface area contributed by atoms with Gasteiger partial charge in [-0.15, -0.1) is 0 Å². The van der Waals surface area contributed by atoms with Crippen LogP contribution in [0.15, 0.2) is 56.8 Å². The van der Waals surface area contributed by atoms with Crippen molar-refractivity contribution in [2.24, 2.45) is 4.99 Å². The first-order valence-corrected chi connectivity index (χ1v) is 10.2. The normalized spacial score (nSPS) is 14.4. The van der Waals surface area contributed by atoms with Gasteiger partial charge in [-0.05, 0) is 42.3 Å². The summed E-state index contributed by atoms with van der Waals surface area (Å²) in [5.41, 5.74) is 3.00. The summed E-state index contributed by atoms with van der Waals surface area (Å²) in [6.07, 6.45) is 4.45. The predicted molar refractivity (Wildman–Crippen MR) is 107 cm³/mol. The second-order valence-corrected chi connectivity index (χ2v) is 8.34. The lowest BCUT2D eigenvalue weighted by atomic mass is 10.0. The van der Waals surface area contributed by atoms with E-state index in [0.29, 0.717) is 17.6 Å². The minimum atomic E-state index is -4.01. The van der Waals surface area contributed by atoms with Crippen molar-refractivity contribution in [1.82, 2.24) is 4.98 Å². The number of nitrogens with one attached hydrogen (secondary N) is 1. The van der Waals surface area contributed by atoms with Crippen LogP contribution in [0.4, 0.5) is 6.01 Å². The lowest BCUT2D eigenvalue weighted by Gasteiger charge is -2.08. The number of sulfonamides is 1. The highest BCUT2D eigenvalue weighted by Gasteiger charge is 2.22. The molecule has 9 heteroatoms. The van der Waals surface area contributed by atoms with Crippen LogP contribution in [0.25, 0.3) is 16.7 Å². The average Bonchev–Trinajstić information content (AvgIpc) is 3.05. The minimum Gasteiger partial charge on any atom is -0.423 e. The van der Waals surface area contributed by atoms with E-state index >= 15 is 0 Å².